The summed E-state index contributed by atoms with van der Waals surface area (Å²) in [6.07, 6.45) is 3.66. The Labute approximate surface area is 156 Å². The van der Waals surface area contributed by atoms with Crippen LogP contribution in [0.1, 0.15) is 38.7 Å². The van der Waals surface area contributed by atoms with Crippen molar-refractivity contribution in [2.45, 2.75) is 51.3 Å². The third-order valence-corrected chi connectivity index (χ3v) is 5.02. The van der Waals surface area contributed by atoms with E-state index in [1.165, 1.54) is 7.11 Å². The molecule has 1 aromatic rings. The van der Waals surface area contributed by atoms with Gasteiger partial charge in [0.1, 0.15) is 18.2 Å². The van der Waals surface area contributed by atoms with Crippen LogP contribution >= 0.6 is 0 Å². The van der Waals surface area contributed by atoms with Gasteiger partial charge in [0.25, 0.3) is 0 Å². The van der Waals surface area contributed by atoms with Gasteiger partial charge in [-0.15, -0.1) is 6.58 Å². The molecule has 0 bridgehead atoms. The van der Waals surface area contributed by atoms with Crippen molar-refractivity contribution in [1.29, 1.82) is 0 Å². The fourth-order valence-electron chi connectivity index (χ4n) is 3.83. The quantitative estimate of drug-likeness (QED) is 0.526. The number of hydrogen-bond donors (Lipinski definition) is 0. The first-order valence-electron chi connectivity index (χ1n) is 9.13. The van der Waals surface area contributed by atoms with E-state index in [1.54, 1.807) is 6.08 Å². The van der Waals surface area contributed by atoms with Crippen molar-refractivity contribution in [2.75, 3.05) is 13.7 Å². The molecule has 2 atom stereocenters. The van der Waals surface area contributed by atoms with Gasteiger partial charge in [-0.3, -0.25) is 14.5 Å². The second-order valence-corrected chi connectivity index (χ2v) is 7.10. The summed E-state index contributed by atoms with van der Waals surface area (Å²) in [6.45, 7) is 8.63. The van der Waals surface area contributed by atoms with Crippen LogP contribution in [0.3, 0.4) is 0 Å². The number of nitrogens with zero attached hydrogens (tertiary/aromatic N) is 1. The van der Waals surface area contributed by atoms with Crippen molar-refractivity contribution in [3.63, 3.8) is 0 Å². The SMILES string of the molecule is C=CC[C@]1(C(=O)OC)CCCN1[C@H](C(=O)OCc1ccccc1)C(C)C. The number of rotatable bonds is 8. The van der Waals surface area contributed by atoms with Gasteiger partial charge in [-0.05, 0) is 30.7 Å². The zero-order valence-electron chi connectivity index (χ0n) is 15.9. The summed E-state index contributed by atoms with van der Waals surface area (Å²) in [5.74, 6) is -0.607. The molecule has 1 fully saturated rings. The maximum atomic E-state index is 12.9. The minimum absolute atomic E-state index is 0.00483. The summed E-state index contributed by atoms with van der Waals surface area (Å²) in [7, 11) is 1.39. The molecule has 1 aromatic carbocycles. The topological polar surface area (TPSA) is 55.8 Å². The standard InChI is InChI=1S/C21H29NO4/c1-5-12-21(20(24)25-4)13-9-14-22(21)18(16(2)3)19(23)26-15-17-10-7-6-8-11-17/h5-8,10-11,16,18H,1,9,12-15H2,2-4H3/t18-,21+/m0/s1. The van der Waals surface area contributed by atoms with Crippen molar-refractivity contribution in [3.05, 3.63) is 48.6 Å². The number of likely N-dealkylation sites (tertiary alicyclic amines) is 1. The predicted octanol–water partition coefficient (Wildman–Crippen LogP) is 3.34. The van der Waals surface area contributed by atoms with E-state index in [1.807, 2.05) is 49.1 Å². The van der Waals surface area contributed by atoms with Crippen molar-refractivity contribution >= 4 is 11.9 Å². The maximum absolute atomic E-state index is 12.9. The highest BCUT2D eigenvalue weighted by atomic mass is 16.5. The third-order valence-electron chi connectivity index (χ3n) is 5.02. The molecule has 2 rings (SSSR count). The molecule has 0 aromatic heterocycles. The lowest BCUT2D eigenvalue weighted by Crippen LogP contribution is -2.58. The van der Waals surface area contributed by atoms with Gasteiger partial charge in [0, 0.05) is 6.54 Å². The van der Waals surface area contributed by atoms with Crippen LogP contribution in [0.2, 0.25) is 0 Å². The molecule has 0 aliphatic carbocycles. The Morgan fingerprint density at radius 2 is 2.00 bits per heavy atom. The molecule has 0 spiro atoms. The monoisotopic (exact) mass is 359 g/mol. The molecule has 1 aliphatic rings. The van der Waals surface area contributed by atoms with Gasteiger partial charge >= 0.3 is 11.9 Å². The van der Waals surface area contributed by atoms with E-state index in [4.69, 9.17) is 9.47 Å². The number of carbonyl (C=O) groups is 2. The Balaban J connectivity index is 2.22. The first-order valence-corrected chi connectivity index (χ1v) is 9.13. The van der Waals surface area contributed by atoms with E-state index >= 15 is 0 Å². The van der Waals surface area contributed by atoms with Gasteiger partial charge < -0.3 is 9.47 Å². The average molecular weight is 359 g/mol. The number of esters is 2. The molecular weight excluding hydrogens is 330 g/mol. The van der Waals surface area contributed by atoms with Crippen LogP contribution in [0.25, 0.3) is 0 Å². The third kappa shape index (κ3) is 4.15. The lowest BCUT2D eigenvalue weighted by molar-refractivity contribution is -0.164. The molecule has 1 saturated heterocycles. The van der Waals surface area contributed by atoms with E-state index in [0.29, 0.717) is 19.4 Å². The Hall–Kier alpha value is -2.14. The number of hydrogen-bond acceptors (Lipinski definition) is 5. The van der Waals surface area contributed by atoms with Crippen LogP contribution < -0.4 is 0 Å². The molecule has 0 unspecified atom stereocenters. The van der Waals surface area contributed by atoms with Crippen LogP contribution in [0.15, 0.2) is 43.0 Å². The van der Waals surface area contributed by atoms with Crippen molar-refractivity contribution in [1.82, 2.24) is 4.90 Å². The van der Waals surface area contributed by atoms with Gasteiger partial charge in [-0.25, -0.2) is 0 Å². The van der Waals surface area contributed by atoms with Gasteiger partial charge in [-0.2, -0.15) is 0 Å². The number of ether oxygens (including phenoxy) is 2. The molecule has 0 radical (unpaired) electrons. The highest BCUT2D eigenvalue weighted by Crippen LogP contribution is 2.37. The fraction of sp³-hybridized carbons (Fsp3) is 0.524. The zero-order chi connectivity index (χ0) is 19.2. The molecule has 5 heteroatoms. The molecule has 0 amide bonds. The Morgan fingerprint density at radius 3 is 2.58 bits per heavy atom. The fourth-order valence-corrected chi connectivity index (χ4v) is 3.83. The first kappa shape index (κ1) is 20.2. The molecule has 0 N–H and O–H groups in total. The molecule has 0 saturated carbocycles. The summed E-state index contributed by atoms with van der Waals surface area (Å²) in [5.41, 5.74) is 0.104. The molecule has 5 nitrogen and oxygen atoms in total. The first-order chi connectivity index (χ1) is 12.5. The Kier molecular flexibility index (Phi) is 6.98. The van der Waals surface area contributed by atoms with E-state index in [2.05, 4.69) is 6.58 Å². The second-order valence-electron chi connectivity index (χ2n) is 7.10. The highest BCUT2D eigenvalue weighted by molar-refractivity contribution is 5.84. The minimum Gasteiger partial charge on any atom is -0.468 e. The summed E-state index contributed by atoms with van der Waals surface area (Å²) in [5, 5.41) is 0. The van der Waals surface area contributed by atoms with E-state index in [9.17, 15) is 9.59 Å². The van der Waals surface area contributed by atoms with Crippen LogP contribution in [0.4, 0.5) is 0 Å². The zero-order valence-corrected chi connectivity index (χ0v) is 15.9. The van der Waals surface area contributed by atoms with Gasteiger partial charge in [0.2, 0.25) is 0 Å². The Bertz CT molecular complexity index is 628. The largest absolute Gasteiger partial charge is 0.468 e. The van der Waals surface area contributed by atoms with Gasteiger partial charge in [0.05, 0.1) is 7.11 Å². The average Bonchev–Trinajstić information content (AvgIpc) is 3.04. The van der Waals surface area contributed by atoms with Crippen molar-refractivity contribution in [2.24, 2.45) is 5.92 Å². The van der Waals surface area contributed by atoms with Gasteiger partial charge in [-0.1, -0.05) is 50.3 Å². The van der Waals surface area contributed by atoms with Crippen molar-refractivity contribution < 1.29 is 19.1 Å². The van der Waals surface area contributed by atoms with E-state index in [0.717, 1.165) is 12.0 Å². The van der Waals surface area contributed by atoms with Gasteiger partial charge in [0.15, 0.2) is 0 Å². The molecular formula is C21H29NO4. The van der Waals surface area contributed by atoms with E-state index in [-0.39, 0.29) is 24.5 Å². The molecule has 142 valence electrons. The van der Waals surface area contributed by atoms with Crippen LogP contribution in [0.5, 0.6) is 0 Å². The smallest absolute Gasteiger partial charge is 0.326 e. The van der Waals surface area contributed by atoms with Crippen LogP contribution in [0, 0.1) is 5.92 Å². The highest BCUT2D eigenvalue weighted by Gasteiger charge is 2.52. The second kappa shape index (κ2) is 8.99. The maximum Gasteiger partial charge on any atom is 0.326 e. The number of benzene rings is 1. The van der Waals surface area contributed by atoms with E-state index < -0.39 is 11.6 Å². The van der Waals surface area contributed by atoms with Crippen LogP contribution in [-0.2, 0) is 25.7 Å². The number of methoxy groups -OCH3 is 1. The van der Waals surface area contributed by atoms with Crippen molar-refractivity contribution in [3.8, 4) is 0 Å². The van der Waals surface area contributed by atoms with Crippen LogP contribution in [-0.4, -0.2) is 42.1 Å². The Morgan fingerprint density at radius 1 is 1.31 bits per heavy atom. The lowest BCUT2D eigenvalue weighted by Gasteiger charge is -2.40. The normalized spacial score (nSPS) is 21.4. The summed E-state index contributed by atoms with van der Waals surface area (Å²) in [6, 6.07) is 9.09. The number of carbonyl (C=O) groups excluding carboxylic acids is 2. The lowest BCUT2D eigenvalue weighted by atomic mass is 9.88. The molecule has 26 heavy (non-hydrogen) atoms. The molecule has 1 aliphatic heterocycles. The summed E-state index contributed by atoms with van der Waals surface area (Å²) in [4.78, 5) is 27.5. The minimum atomic E-state index is -0.836. The summed E-state index contributed by atoms with van der Waals surface area (Å²) < 4.78 is 10.7. The predicted molar refractivity (Wildman–Crippen MR) is 100 cm³/mol. The molecule has 1 heterocycles. The summed E-state index contributed by atoms with van der Waals surface area (Å²) >= 11 is 0.